The molecule has 1 amide bonds. The molecule has 306 valence electrons. The predicted molar refractivity (Wildman–Crippen MR) is 210 cm³/mol. The number of carbonyl (C=O) groups excluding carboxylic acids is 3. The van der Waals surface area contributed by atoms with Crippen LogP contribution in [0.25, 0.3) is 17.1 Å². The number of ether oxygens (including phenoxy) is 5. The molecule has 2 aromatic rings. The fourth-order valence-electron chi connectivity index (χ4n) is 9.53. The summed E-state index contributed by atoms with van der Waals surface area (Å²) < 4.78 is 32.0. The number of hydrogen-bond acceptors (Lipinski definition) is 13. The molecule has 0 radical (unpaired) electrons. The number of aliphatic hydroxyl groups is 1. The predicted octanol–water partition coefficient (Wildman–Crippen LogP) is 4.71. The molecule has 0 saturated carbocycles. The second-order valence-electron chi connectivity index (χ2n) is 16.4. The number of aliphatic hydroxyl groups excluding tert-OH is 1. The molecule has 2 bridgehead atoms. The van der Waals surface area contributed by atoms with E-state index in [1.165, 1.54) is 0 Å². The van der Waals surface area contributed by atoms with E-state index in [2.05, 4.69) is 16.9 Å². The third-order valence-electron chi connectivity index (χ3n) is 12.4. The van der Waals surface area contributed by atoms with Crippen molar-refractivity contribution < 1.29 is 43.2 Å². The molecule has 14 heteroatoms. The van der Waals surface area contributed by atoms with Crippen molar-refractivity contribution in [1.29, 1.82) is 0 Å². The minimum absolute atomic E-state index is 0.202. The average Bonchev–Trinajstić information content (AvgIpc) is 3.29. The molecule has 3 saturated heterocycles. The zero-order valence-electron chi connectivity index (χ0n) is 34.2. The fraction of sp³-hybridized carbons (Fsp3) is 0.667. The summed E-state index contributed by atoms with van der Waals surface area (Å²) in [6.45, 7) is 14.3. The maximum atomic E-state index is 14.1. The van der Waals surface area contributed by atoms with Crippen LogP contribution in [-0.4, -0.2) is 137 Å². The van der Waals surface area contributed by atoms with Crippen LogP contribution in [0, 0.1) is 23.7 Å². The van der Waals surface area contributed by atoms with Gasteiger partial charge in [0.25, 0.3) is 0 Å². The molecule has 4 aliphatic heterocycles. The zero-order valence-corrected chi connectivity index (χ0v) is 34.2. The standard InChI is InChI=1S/C42H59N5O9/c1-10-32-42(7)39-26(5)34(45-18-19-47(39)41(51)56-42)25(4)37(52-20-12-14-28-13-11-15-29-35(28)44-17-16-43-29)27(6)38(24(3)31(48)22-33(49)54-32)55-40-36(50)30(46(8)9)21-23(2)53-40/h11-17,23-27,30,32,36-40,50H,10,18-22H2,1-9H3/b14-12+/t23-,24+,25+,26+,27+,30+,32-,36-,37+,38-,39?,40+,42-/m1/s1. The largest absolute Gasteiger partial charge is 0.458 e. The molecule has 1 N–H and O–H groups in total. The van der Waals surface area contributed by atoms with Gasteiger partial charge in [0.1, 0.15) is 24.4 Å². The molecule has 3 fully saturated rings. The zero-order chi connectivity index (χ0) is 40.5. The Balaban J connectivity index is 1.40. The highest BCUT2D eigenvalue weighted by molar-refractivity contribution is 5.97. The number of fused-ring (bicyclic) bond motifs is 2. The van der Waals surface area contributed by atoms with E-state index in [4.69, 9.17) is 28.7 Å². The number of aliphatic imine (C=N–C) groups is 1. The molecule has 4 aliphatic rings. The van der Waals surface area contributed by atoms with Crippen LogP contribution in [0.1, 0.15) is 73.3 Å². The summed E-state index contributed by atoms with van der Waals surface area (Å²) in [5.41, 5.74) is 2.08. The summed E-state index contributed by atoms with van der Waals surface area (Å²) >= 11 is 0. The average molecular weight is 778 g/mol. The molecule has 5 heterocycles. The van der Waals surface area contributed by atoms with Gasteiger partial charge in [-0.15, -0.1) is 0 Å². The number of cyclic esters (lactones) is 1. The first kappa shape index (κ1) is 41.8. The van der Waals surface area contributed by atoms with Gasteiger partial charge in [-0.25, -0.2) is 4.79 Å². The van der Waals surface area contributed by atoms with Gasteiger partial charge < -0.3 is 33.7 Å². The summed E-state index contributed by atoms with van der Waals surface area (Å²) in [6.07, 6.45) is 2.69. The van der Waals surface area contributed by atoms with Crippen molar-refractivity contribution in [2.24, 2.45) is 28.7 Å². The van der Waals surface area contributed by atoms with Crippen molar-refractivity contribution in [3.63, 3.8) is 0 Å². The summed E-state index contributed by atoms with van der Waals surface area (Å²) in [5, 5.41) is 11.6. The van der Waals surface area contributed by atoms with Gasteiger partial charge in [0.15, 0.2) is 11.9 Å². The topological polar surface area (TPSA) is 162 Å². The lowest BCUT2D eigenvalue weighted by molar-refractivity contribution is -0.281. The highest BCUT2D eigenvalue weighted by atomic mass is 16.7. The van der Waals surface area contributed by atoms with Gasteiger partial charge in [0.05, 0.1) is 48.5 Å². The van der Waals surface area contributed by atoms with Crippen molar-refractivity contribution in [2.75, 3.05) is 33.8 Å². The van der Waals surface area contributed by atoms with E-state index >= 15 is 0 Å². The van der Waals surface area contributed by atoms with Crippen LogP contribution in [0.3, 0.4) is 0 Å². The van der Waals surface area contributed by atoms with E-state index in [0.717, 1.165) is 22.3 Å². The molecule has 56 heavy (non-hydrogen) atoms. The molecule has 1 aromatic heterocycles. The third kappa shape index (κ3) is 8.27. The number of amides is 1. The number of carbonyl (C=O) groups is 3. The number of likely N-dealkylation sites (N-methyl/N-ethyl adjacent to an activating group) is 1. The molecular formula is C42H59N5O9. The second-order valence-corrected chi connectivity index (χ2v) is 16.4. The number of Topliss-reactive ketones (excluding diaryl/α,β-unsaturated/α-hetero) is 1. The smallest absolute Gasteiger partial charge is 0.410 e. The minimum atomic E-state index is -1.20. The number of aromatic nitrogens is 2. The number of rotatable bonds is 8. The number of hydrogen-bond donors (Lipinski definition) is 1. The molecular weight excluding hydrogens is 718 g/mol. The lowest BCUT2D eigenvalue weighted by atomic mass is 9.73. The van der Waals surface area contributed by atoms with Crippen molar-refractivity contribution in [2.45, 2.75) is 122 Å². The third-order valence-corrected chi connectivity index (χ3v) is 12.4. The van der Waals surface area contributed by atoms with Crippen LogP contribution in [0.4, 0.5) is 4.79 Å². The van der Waals surface area contributed by atoms with Crippen LogP contribution >= 0.6 is 0 Å². The van der Waals surface area contributed by atoms with Crippen molar-refractivity contribution in [3.8, 4) is 0 Å². The van der Waals surface area contributed by atoms with Gasteiger partial charge in [-0.05, 0) is 46.9 Å². The van der Waals surface area contributed by atoms with E-state index in [1.807, 2.05) is 84.0 Å². The molecule has 14 nitrogen and oxygen atoms in total. The second kappa shape index (κ2) is 17.4. The van der Waals surface area contributed by atoms with Gasteiger partial charge in [-0.2, -0.15) is 0 Å². The van der Waals surface area contributed by atoms with E-state index in [0.29, 0.717) is 25.9 Å². The molecule has 1 unspecified atom stereocenters. The Morgan fingerprint density at radius 1 is 1.04 bits per heavy atom. The van der Waals surface area contributed by atoms with Gasteiger partial charge in [-0.1, -0.05) is 58.9 Å². The van der Waals surface area contributed by atoms with Crippen molar-refractivity contribution >= 4 is 40.7 Å². The molecule has 1 aromatic carbocycles. The normalized spacial score (nSPS) is 37.3. The van der Waals surface area contributed by atoms with Crippen LogP contribution in [0.5, 0.6) is 0 Å². The number of ketones is 1. The highest BCUT2D eigenvalue weighted by Gasteiger charge is 2.60. The van der Waals surface area contributed by atoms with Gasteiger partial charge in [0, 0.05) is 59.9 Å². The quantitative estimate of drug-likeness (QED) is 0.291. The summed E-state index contributed by atoms with van der Waals surface area (Å²) in [7, 11) is 3.81. The fourth-order valence-corrected chi connectivity index (χ4v) is 9.53. The number of para-hydroxylation sites is 1. The lowest BCUT2D eigenvalue weighted by Crippen LogP contribution is -2.58. The first-order valence-corrected chi connectivity index (χ1v) is 20.0. The maximum Gasteiger partial charge on any atom is 0.410 e. The highest BCUT2D eigenvalue weighted by Crippen LogP contribution is 2.43. The number of nitrogens with zero attached hydrogens (tertiary/aromatic N) is 5. The number of benzene rings is 1. The maximum absolute atomic E-state index is 14.1. The molecule has 0 spiro atoms. The Morgan fingerprint density at radius 2 is 1.79 bits per heavy atom. The SMILES string of the molecule is CC[C@H]1OC(=O)CC(=O)[C@H](C)[C@@H](O[C@@H]2O[C@H](C)C[C@H](N(C)C)[C@H]2O)[C@@H](C)[C@@H](OC/C=C/c2cccc3nccnc23)[C@@H](C)C2=NCCN3C(=O)O[C@@]1(C)C3[C@H]2C. The van der Waals surface area contributed by atoms with Gasteiger partial charge in [0.2, 0.25) is 0 Å². The Morgan fingerprint density at radius 3 is 2.52 bits per heavy atom. The molecule has 6 rings (SSSR count). The van der Waals surface area contributed by atoms with Crippen LogP contribution in [0.2, 0.25) is 0 Å². The van der Waals surface area contributed by atoms with Crippen LogP contribution in [-0.2, 0) is 33.3 Å². The summed E-state index contributed by atoms with van der Waals surface area (Å²) in [4.78, 5) is 58.9. The Kier molecular flexibility index (Phi) is 13.0. The van der Waals surface area contributed by atoms with Crippen molar-refractivity contribution in [3.05, 3.63) is 42.2 Å². The Hall–Kier alpha value is -3.82. The monoisotopic (exact) mass is 777 g/mol. The summed E-state index contributed by atoms with van der Waals surface area (Å²) in [5.74, 6) is -3.06. The number of esters is 1. The first-order valence-electron chi connectivity index (χ1n) is 20.0. The van der Waals surface area contributed by atoms with Gasteiger partial charge >= 0.3 is 12.1 Å². The van der Waals surface area contributed by atoms with E-state index in [-0.39, 0.29) is 36.4 Å². The van der Waals surface area contributed by atoms with E-state index in [9.17, 15) is 19.5 Å². The van der Waals surface area contributed by atoms with Crippen molar-refractivity contribution in [1.82, 2.24) is 19.8 Å². The lowest BCUT2D eigenvalue weighted by Gasteiger charge is -2.45. The van der Waals surface area contributed by atoms with Crippen LogP contribution < -0.4 is 0 Å². The van der Waals surface area contributed by atoms with E-state index in [1.54, 1.807) is 24.2 Å². The minimum Gasteiger partial charge on any atom is -0.458 e. The van der Waals surface area contributed by atoms with Crippen LogP contribution in [0.15, 0.2) is 41.7 Å². The van der Waals surface area contributed by atoms with Gasteiger partial charge in [-0.3, -0.25) is 29.4 Å². The summed E-state index contributed by atoms with van der Waals surface area (Å²) in [6, 6.07) is 5.08. The first-order chi connectivity index (χ1) is 26.7. The Labute approximate surface area is 330 Å². The van der Waals surface area contributed by atoms with E-state index < -0.39 is 72.7 Å². The Bertz CT molecular complexity index is 1800. The molecule has 13 atom stereocenters. The molecule has 0 aliphatic carbocycles.